The third-order valence-corrected chi connectivity index (χ3v) is 13.7. The highest BCUT2D eigenvalue weighted by atomic mass is 32.1. The molecular weight excluding hydrogens is 721 g/mol. The maximum absolute atomic E-state index is 6.44. The van der Waals surface area contributed by atoms with Gasteiger partial charge in [0.1, 0.15) is 11.2 Å². The summed E-state index contributed by atoms with van der Waals surface area (Å²) in [4.78, 5) is 0. The first-order chi connectivity index (χ1) is 28.8. The average molecular weight is 753 g/mol. The maximum Gasteiger partial charge on any atom is 0.143 e. The minimum atomic E-state index is 0.934. The van der Waals surface area contributed by atoms with Crippen LogP contribution in [0.15, 0.2) is 199 Å². The van der Waals surface area contributed by atoms with Gasteiger partial charge in [0, 0.05) is 41.7 Å². The van der Waals surface area contributed by atoms with Crippen LogP contribution in [0.3, 0.4) is 0 Å². The number of furan rings is 1. The van der Waals surface area contributed by atoms with Gasteiger partial charge in [-0.1, -0.05) is 164 Å². The molecule has 0 aliphatic carbocycles. The fourth-order valence-electron chi connectivity index (χ4n) is 9.91. The topological polar surface area (TPSA) is 13.1 Å². The number of hydrogen-bond donors (Lipinski definition) is 0. The molecular formula is C56H32OS. The van der Waals surface area contributed by atoms with Crippen LogP contribution in [0.1, 0.15) is 0 Å². The third kappa shape index (κ3) is 4.46. The van der Waals surface area contributed by atoms with Crippen molar-refractivity contribution >= 4 is 107 Å². The second-order valence-electron chi connectivity index (χ2n) is 15.5. The van der Waals surface area contributed by atoms with Gasteiger partial charge in [-0.25, -0.2) is 0 Å². The summed E-state index contributed by atoms with van der Waals surface area (Å²) in [5.74, 6) is 0. The van der Waals surface area contributed by atoms with Gasteiger partial charge < -0.3 is 4.42 Å². The average Bonchev–Trinajstić information content (AvgIpc) is 3.86. The molecule has 0 bridgehead atoms. The van der Waals surface area contributed by atoms with E-state index in [1.165, 1.54) is 113 Å². The quantitative estimate of drug-likeness (QED) is 0.164. The van der Waals surface area contributed by atoms with E-state index in [0.29, 0.717) is 0 Å². The Morgan fingerprint density at radius 1 is 0.310 bits per heavy atom. The predicted octanol–water partition coefficient (Wildman–Crippen LogP) is 16.7. The van der Waals surface area contributed by atoms with Crippen LogP contribution < -0.4 is 0 Å². The molecule has 13 aromatic rings. The van der Waals surface area contributed by atoms with E-state index in [0.717, 1.165) is 16.6 Å². The van der Waals surface area contributed by atoms with Gasteiger partial charge in [0.2, 0.25) is 0 Å². The van der Waals surface area contributed by atoms with Gasteiger partial charge in [-0.15, -0.1) is 11.3 Å². The van der Waals surface area contributed by atoms with Crippen LogP contribution in [-0.4, -0.2) is 0 Å². The van der Waals surface area contributed by atoms with Crippen LogP contribution in [0.25, 0.3) is 129 Å². The molecule has 0 unspecified atom stereocenters. The van der Waals surface area contributed by atoms with Crippen molar-refractivity contribution in [1.82, 2.24) is 0 Å². The van der Waals surface area contributed by atoms with Crippen molar-refractivity contribution in [2.24, 2.45) is 0 Å². The van der Waals surface area contributed by atoms with Crippen LogP contribution in [0.2, 0.25) is 0 Å². The summed E-state index contributed by atoms with van der Waals surface area (Å²) in [6.07, 6.45) is 0. The molecule has 0 aliphatic heterocycles. The summed E-state index contributed by atoms with van der Waals surface area (Å²) in [5.41, 5.74) is 9.46. The molecule has 0 fully saturated rings. The number of hydrogen-bond acceptors (Lipinski definition) is 2. The molecule has 0 saturated heterocycles. The van der Waals surface area contributed by atoms with Crippen molar-refractivity contribution in [3.8, 4) is 33.4 Å². The monoisotopic (exact) mass is 752 g/mol. The standard InChI is InChI=1S/C56H32OS/c1-2-14-35-33(12-1)13-11-22-40(35)53-41-18-5-7-20-43(41)54(44-21-8-6-19-42(44)53)45-26-25-36(37-15-3-4-16-38(37)45)34-24-31-52-50(32-34)49-30-28-47-48(56(49)58-52)29-27-46-39-17-9-10-23-51(39)57-55(46)47/h1-32H. The van der Waals surface area contributed by atoms with Gasteiger partial charge in [0.15, 0.2) is 0 Å². The predicted molar refractivity (Wildman–Crippen MR) is 250 cm³/mol. The molecule has 268 valence electrons. The summed E-state index contributed by atoms with van der Waals surface area (Å²) in [6.45, 7) is 0. The van der Waals surface area contributed by atoms with E-state index >= 15 is 0 Å². The Bertz CT molecular complexity index is 3800. The summed E-state index contributed by atoms with van der Waals surface area (Å²) < 4.78 is 9.04. The fourth-order valence-corrected chi connectivity index (χ4v) is 11.1. The van der Waals surface area contributed by atoms with Gasteiger partial charge >= 0.3 is 0 Å². The van der Waals surface area contributed by atoms with Gasteiger partial charge in [0.05, 0.1) is 0 Å². The SMILES string of the molecule is c1ccc2c(-c3c4ccccc4c(-c4ccc(-c5ccc6sc7c(ccc8c7ccc7c9ccccc9oc78)c6c5)c5ccccc45)c4ccccc34)cccc2c1. The summed E-state index contributed by atoms with van der Waals surface area (Å²) in [5, 5.41) is 17.4. The number of benzene rings is 11. The second kappa shape index (κ2) is 12.1. The van der Waals surface area contributed by atoms with Gasteiger partial charge in [0.25, 0.3) is 0 Å². The molecule has 2 heterocycles. The van der Waals surface area contributed by atoms with Crippen LogP contribution in [0.4, 0.5) is 0 Å². The first-order valence-corrected chi connectivity index (χ1v) is 20.7. The van der Waals surface area contributed by atoms with Crippen LogP contribution in [0, 0.1) is 0 Å². The van der Waals surface area contributed by atoms with Crippen molar-refractivity contribution in [1.29, 1.82) is 0 Å². The first-order valence-electron chi connectivity index (χ1n) is 19.9. The molecule has 13 rings (SSSR count). The maximum atomic E-state index is 6.44. The Morgan fingerprint density at radius 3 is 1.52 bits per heavy atom. The lowest BCUT2D eigenvalue weighted by atomic mass is 9.83. The lowest BCUT2D eigenvalue weighted by molar-refractivity contribution is 0.672. The Hall–Kier alpha value is -7.26. The normalized spacial score (nSPS) is 12.1. The van der Waals surface area contributed by atoms with Crippen LogP contribution >= 0.6 is 11.3 Å². The van der Waals surface area contributed by atoms with E-state index in [2.05, 4.69) is 188 Å². The molecule has 58 heavy (non-hydrogen) atoms. The molecule has 2 heteroatoms. The number of fused-ring (bicyclic) bond motifs is 13. The van der Waals surface area contributed by atoms with Crippen molar-refractivity contribution < 1.29 is 4.42 Å². The molecule has 11 aromatic carbocycles. The van der Waals surface area contributed by atoms with E-state index in [1.807, 2.05) is 17.4 Å². The summed E-state index contributed by atoms with van der Waals surface area (Å²) in [7, 11) is 0. The largest absolute Gasteiger partial charge is 0.455 e. The minimum absolute atomic E-state index is 0.934. The molecule has 2 aromatic heterocycles. The van der Waals surface area contributed by atoms with Crippen molar-refractivity contribution in [3.05, 3.63) is 194 Å². The molecule has 0 atom stereocenters. The highest BCUT2D eigenvalue weighted by Crippen LogP contribution is 2.48. The summed E-state index contributed by atoms with van der Waals surface area (Å²) >= 11 is 1.87. The number of thiophene rings is 1. The highest BCUT2D eigenvalue weighted by Gasteiger charge is 2.21. The molecule has 0 aliphatic rings. The zero-order valence-electron chi connectivity index (χ0n) is 31.3. The molecule has 1 nitrogen and oxygen atoms in total. The van der Waals surface area contributed by atoms with E-state index in [-0.39, 0.29) is 0 Å². The van der Waals surface area contributed by atoms with Crippen LogP contribution in [-0.2, 0) is 0 Å². The molecule has 0 amide bonds. The van der Waals surface area contributed by atoms with E-state index in [1.54, 1.807) is 0 Å². The fraction of sp³-hybridized carbons (Fsp3) is 0. The Labute approximate surface area is 337 Å². The zero-order valence-corrected chi connectivity index (χ0v) is 32.1. The molecule has 0 saturated carbocycles. The van der Waals surface area contributed by atoms with Crippen molar-refractivity contribution in [2.75, 3.05) is 0 Å². The highest BCUT2D eigenvalue weighted by molar-refractivity contribution is 7.26. The molecule has 0 N–H and O–H groups in total. The Morgan fingerprint density at radius 2 is 0.810 bits per heavy atom. The van der Waals surface area contributed by atoms with Crippen molar-refractivity contribution in [3.63, 3.8) is 0 Å². The Balaban J connectivity index is 1.02. The smallest absolute Gasteiger partial charge is 0.143 e. The first kappa shape index (κ1) is 31.9. The lowest BCUT2D eigenvalue weighted by Gasteiger charge is -2.20. The number of rotatable bonds is 3. The van der Waals surface area contributed by atoms with E-state index in [4.69, 9.17) is 4.42 Å². The van der Waals surface area contributed by atoms with Gasteiger partial charge in [-0.3, -0.25) is 0 Å². The third-order valence-electron chi connectivity index (χ3n) is 12.5. The van der Waals surface area contributed by atoms with E-state index < -0.39 is 0 Å². The van der Waals surface area contributed by atoms with E-state index in [9.17, 15) is 0 Å². The number of para-hydroxylation sites is 1. The zero-order chi connectivity index (χ0) is 37.9. The summed E-state index contributed by atoms with van der Waals surface area (Å²) in [6, 6.07) is 71.5. The second-order valence-corrected chi connectivity index (χ2v) is 16.5. The molecule has 0 spiro atoms. The molecule has 0 radical (unpaired) electrons. The lowest BCUT2D eigenvalue weighted by Crippen LogP contribution is -1.93. The van der Waals surface area contributed by atoms with Gasteiger partial charge in [-0.2, -0.15) is 0 Å². The minimum Gasteiger partial charge on any atom is -0.455 e. The van der Waals surface area contributed by atoms with Gasteiger partial charge in [-0.05, 0) is 107 Å². The Kier molecular flexibility index (Phi) is 6.66. The van der Waals surface area contributed by atoms with Crippen molar-refractivity contribution in [2.45, 2.75) is 0 Å². The van der Waals surface area contributed by atoms with Crippen LogP contribution in [0.5, 0.6) is 0 Å².